The summed E-state index contributed by atoms with van der Waals surface area (Å²) >= 11 is 6.02. The Morgan fingerprint density at radius 1 is 1.00 bits per heavy atom. The Kier molecular flexibility index (Phi) is 12.4. The number of urea groups is 1. The van der Waals surface area contributed by atoms with Crippen molar-refractivity contribution in [1.82, 2.24) is 15.5 Å². The second kappa shape index (κ2) is 14.7. The molecule has 2 atom stereocenters. The van der Waals surface area contributed by atoms with Crippen LogP contribution in [0.5, 0.6) is 17.2 Å². The molecule has 2 aliphatic rings. The van der Waals surface area contributed by atoms with Gasteiger partial charge in [0.1, 0.15) is 0 Å². The Bertz CT molecular complexity index is 979. The van der Waals surface area contributed by atoms with Crippen molar-refractivity contribution in [2.45, 2.75) is 31.3 Å². The van der Waals surface area contributed by atoms with Gasteiger partial charge in [0.05, 0.1) is 33.1 Å². The van der Waals surface area contributed by atoms with E-state index in [4.69, 9.17) is 25.8 Å². The fraction of sp³-hybridized carbons (Fsp3) is 0.500. The number of hydrogen-bond donors (Lipinski definition) is 3. The molecule has 0 unspecified atom stereocenters. The van der Waals surface area contributed by atoms with Crippen LogP contribution in [0.1, 0.15) is 18.4 Å². The normalized spacial score (nSPS) is 19.8. The van der Waals surface area contributed by atoms with Crippen molar-refractivity contribution >= 4 is 48.1 Å². The Balaban J connectivity index is 0.00000241. The highest BCUT2D eigenvalue weighted by atomic mass is 35.5. The molecule has 3 N–H and O–H groups in total. The molecule has 2 amide bonds. The lowest BCUT2D eigenvalue weighted by Gasteiger charge is -2.38. The summed E-state index contributed by atoms with van der Waals surface area (Å²) in [5.74, 6) is 2.14. The van der Waals surface area contributed by atoms with E-state index < -0.39 is 0 Å². The standard InChI is InChI=1S/C26H35ClN4O4.2ClH/c1-33-23-13-20(14-24(34-2)25(23)35-3)29-26(32)30-21-15-28-16-22(21)31-10-8-18(9-11-31)12-17-4-6-19(27)7-5-17;;/h4-7,13-14,18,21-22,28H,8-12,15-16H2,1-3H3,(H2,29,30,32);2*1H/t21-,22-;;/m0../s1. The molecule has 2 aliphatic heterocycles. The van der Waals surface area contributed by atoms with Crippen molar-refractivity contribution in [2.24, 2.45) is 5.92 Å². The Labute approximate surface area is 236 Å². The van der Waals surface area contributed by atoms with Gasteiger partial charge in [-0.15, -0.1) is 24.8 Å². The quantitative estimate of drug-likeness (QED) is 0.426. The number of benzene rings is 2. The zero-order valence-corrected chi connectivity index (χ0v) is 23.8. The molecule has 206 valence electrons. The number of piperidine rings is 1. The fourth-order valence-electron chi connectivity index (χ4n) is 5.13. The van der Waals surface area contributed by atoms with Crippen molar-refractivity contribution in [3.05, 3.63) is 47.0 Å². The smallest absolute Gasteiger partial charge is 0.319 e. The highest BCUT2D eigenvalue weighted by molar-refractivity contribution is 6.30. The van der Waals surface area contributed by atoms with Crippen LogP contribution in [0.4, 0.5) is 10.5 Å². The predicted octanol–water partition coefficient (Wildman–Crippen LogP) is 4.63. The van der Waals surface area contributed by atoms with Crippen LogP contribution in [-0.4, -0.2) is 70.5 Å². The average Bonchev–Trinajstić information content (AvgIpc) is 3.33. The number of nitrogens with zero attached hydrogens (tertiary/aromatic N) is 1. The molecule has 2 aromatic rings. The Morgan fingerprint density at radius 2 is 1.62 bits per heavy atom. The molecule has 8 nitrogen and oxygen atoms in total. The first kappa shape index (κ1) is 31.1. The number of carbonyl (C=O) groups is 1. The van der Waals surface area contributed by atoms with E-state index in [1.54, 1.807) is 33.5 Å². The van der Waals surface area contributed by atoms with Gasteiger partial charge in [-0.2, -0.15) is 0 Å². The van der Waals surface area contributed by atoms with Crippen molar-refractivity contribution in [3.63, 3.8) is 0 Å². The lowest BCUT2D eigenvalue weighted by atomic mass is 9.89. The molecule has 11 heteroatoms. The van der Waals surface area contributed by atoms with Crippen LogP contribution in [0, 0.1) is 5.92 Å². The van der Waals surface area contributed by atoms with Crippen LogP contribution >= 0.6 is 36.4 Å². The number of hydrogen-bond acceptors (Lipinski definition) is 6. The van der Waals surface area contributed by atoms with Crippen LogP contribution in [0.3, 0.4) is 0 Å². The van der Waals surface area contributed by atoms with Crippen LogP contribution in [0.2, 0.25) is 5.02 Å². The highest BCUT2D eigenvalue weighted by Gasteiger charge is 2.35. The molecule has 0 saturated carbocycles. The van der Waals surface area contributed by atoms with Gasteiger partial charge in [-0.1, -0.05) is 23.7 Å². The molecule has 0 aromatic heterocycles. The molecule has 0 bridgehead atoms. The highest BCUT2D eigenvalue weighted by Crippen LogP contribution is 2.40. The molecule has 37 heavy (non-hydrogen) atoms. The molecule has 0 radical (unpaired) electrons. The van der Waals surface area contributed by atoms with Crippen LogP contribution < -0.4 is 30.2 Å². The van der Waals surface area contributed by atoms with Gasteiger partial charge < -0.3 is 30.2 Å². The van der Waals surface area contributed by atoms with E-state index in [9.17, 15) is 4.79 Å². The minimum absolute atomic E-state index is 0. The zero-order chi connectivity index (χ0) is 24.8. The first-order chi connectivity index (χ1) is 17.0. The lowest BCUT2D eigenvalue weighted by molar-refractivity contribution is 0.127. The average molecular weight is 576 g/mol. The van der Waals surface area contributed by atoms with Crippen molar-refractivity contribution in [3.8, 4) is 17.2 Å². The SMILES string of the molecule is COc1cc(NC(=O)N[C@H]2CNC[C@@H]2N2CCC(Cc3ccc(Cl)cc3)CC2)cc(OC)c1OC.Cl.Cl. The third-order valence-electron chi connectivity index (χ3n) is 6.98. The molecule has 2 heterocycles. The molecular formula is C26H37Cl3N4O4. The van der Waals surface area contributed by atoms with Crippen LogP contribution in [0.15, 0.2) is 36.4 Å². The van der Waals surface area contributed by atoms with Gasteiger partial charge in [-0.25, -0.2) is 4.79 Å². The van der Waals surface area contributed by atoms with E-state index in [0.717, 1.165) is 50.5 Å². The second-order valence-corrected chi connectivity index (χ2v) is 9.59. The molecular weight excluding hydrogens is 539 g/mol. The lowest BCUT2D eigenvalue weighted by Crippen LogP contribution is -2.54. The molecule has 2 fully saturated rings. The van der Waals surface area contributed by atoms with Gasteiger partial charge in [0.25, 0.3) is 0 Å². The summed E-state index contributed by atoms with van der Waals surface area (Å²) in [7, 11) is 4.65. The van der Waals surface area contributed by atoms with Gasteiger partial charge in [0.15, 0.2) is 11.5 Å². The summed E-state index contributed by atoms with van der Waals surface area (Å²) in [6.45, 7) is 3.70. The number of amides is 2. The van der Waals surface area contributed by atoms with Crippen molar-refractivity contribution in [1.29, 1.82) is 0 Å². The molecule has 2 saturated heterocycles. The van der Waals surface area contributed by atoms with E-state index in [1.807, 2.05) is 12.1 Å². The summed E-state index contributed by atoms with van der Waals surface area (Å²) < 4.78 is 16.1. The van der Waals surface area contributed by atoms with Crippen molar-refractivity contribution in [2.75, 3.05) is 52.8 Å². The summed E-state index contributed by atoms with van der Waals surface area (Å²) in [5, 5.41) is 10.3. The fourth-order valence-corrected chi connectivity index (χ4v) is 5.25. The molecule has 0 spiro atoms. The van der Waals surface area contributed by atoms with Gasteiger partial charge in [-0.3, -0.25) is 4.90 Å². The van der Waals surface area contributed by atoms with Crippen molar-refractivity contribution < 1.29 is 19.0 Å². The Morgan fingerprint density at radius 3 is 2.19 bits per heavy atom. The predicted molar refractivity (Wildman–Crippen MR) is 153 cm³/mol. The van der Waals surface area contributed by atoms with Gasteiger partial charge in [-0.05, 0) is 56.0 Å². The second-order valence-electron chi connectivity index (χ2n) is 9.15. The number of likely N-dealkylation sites (tertiary alicyclic amines) is 1. The van der Waals surface area contributed by atoms with E-state index in [1.165, 1.54) is 5.56 Å². The van der Waals surface area contributed by atoms with E-state index >= 15 is 0 Å². The van der Waals surface area contributed by atoms with E-state index in [0.29, 0.717) is 28.9 Å². The number of halogens is 3. The maximum absolute atomic E-state index is 12.8. The third kappa shape index (κ3) is 7.94. The molecule has 2 aromatic carbocycles. The number of anilines is 1. The topological polar surface area (TPSA) is 84.1 Å². The van der Waals surface area contributed by atoms with Gasteiger partial charge in [0, 0.05) is 36.3 Å². The minimum atomic E-state index is -0.254. The van der Waals surface area contributed by atoms with E-state index in [2.05, 4.69) is 33.0 Å². The Hall–Kier alpha value is -2.10. The number of rotatable bonds is 8. The summed E-state index contributed by atoms with van der Waals surface area (Å²) in [4.78, 5) is 15.4. The monoisotopic (exact) mass is 574 g/mol. The summed E-state index contributed by atoms with van der Waals surface area (Å²) in [6.07, 6.45) is 3.40. The number of methoxy groups -OCH3 is 3. The maximum atomic E-state index is 12.8. The van der Waals surface area contributed by atoms with Gasteiger partial charge >= 0.3 is 6.03 Å². The largest absolute Gasteiger partial charge is 0.493 e. The number of ether oxygens (including phenoxy) is 3. The first-order valence-electron chi connectivity index (χ1n) is 12.1. The number of carbonyl (C=O) groups excluding carboxylic acids is 1. The van der Waals surface area contributed by atoms with Crippen LogP contribution in [0.25, 0.3) is 0 Å². The van der Waals surface area contributed by atoms with Gasteiger partial charge in [0.2, 0.25) is 5.75 Å². The first-order valence-corrected chi connectivity index (χ1v) is 12.4. The molecule has 0 aliphatic carbocycles. The number of nitrogens with one attached hydrogen (secondary N) is 3. The van der Waals surface area contributed by atoms with Crippen LogP contribution in [-0.2, 0) is 6.42 Å². The molecule has 4 rings (SSSR count). The minimum Gasteiger partial charge on any atom is -0.493 e. The maximum Gasteiger partial charge on any atom is 0.319 e. The zero-order valence-electron chi connectivity index (χ0n) is 21.4. The summed E-state index contributed by atoms with van der Waals surface area (Å²) in [6, 6.07) is 11.7. The summed E-state index contributed by atoms with van der Waals surface area (Å²) in [5.41, 5.74) is 1.92. The third-order valence-corrected chi connectivity index (χ3v) is 7.23. The van der Waals surface area contributed by atoms with E-state index in [-0.39, 0.29) is 42.9 Å².